The molecule has 1 aromatic heterocycles. The minimum atomic E-state index is -0.00130. The molecule has 2 aromatic carbocycles. The Hall–Kier alpha value is -2.57. The summed E-state index contributed by atoms with van der Waals surface area (Å²) in [5.41, 5.74) is 2.78. The molecule has 5 nitrogen and oxygen atoms in total. The van der Waals surface area contributed by atoms with Crippen molar-refractivity contribution in [2.24, 2.45) is 0 Å². The molecule has 1 saturated heterocycles. The average Bonchev–Trinajstić information content (AvgIpc) is 3.14. The zero-order chi connectivity index (χ0) is 18.5. The topological polar surface area (TPSA) is 50.2 Å². The fourth-order valence-electron chi connectivity index (χ4n) is 3.13. The first-order chi connectivity index (χ1) is 13.3. The SMILES string of the molecule is O=C(CN1CCSCC1)Nc1cc(-c2ccccc2)nn1-c1ccccc1. The molecule has 0 radical (unpaired) electrons. The van der Waals surface area contributed by atoms with Crippen LogP contribution in [0.2, 0.25) is 0 Å². The number of nitrogens with zero attached hydrogens (tertiary/aromatic N) is 3. The van der Waals surface area contributed by atoms with Gasteiger partial charge in [-0.05, 0) is 12.1 Å². The van der Waals surface area contributed by atoms with Gasteiger partial charge in [0.15, 0.2) is 0 Å². The van der Waals surface area contributed by atoms with Gasteiger partial charge in [0.2, 0.25) is 5.91 Å². The number of aromatic nitrogens is 2. The molecule has 0 bridgehead atoms. The van der Waals surface area contributed by atoms with Crippen LogP contribution in [-0.2, 0) is 4.79 Å². The summed E-state index contributed by atoms with van der Waals surface area (Å²) in [4.78, 5) is 14.8. The number of rotatable bonds is 5. The number of carbonyl (C=O) groups excluding carboxylic acids is 1. The van der Waals surface area contributed by atoms with Crippen LogP contribution >= 0.6 is 11.8 Å². The Labute approximate surface area is 163 Å². The monoisotopic (exact) mass is 378 g/mol. The lowest BCUT2D eigenvalue weighted by Gasteiger charge is -2.25. The molecule has 0 aliphatic carbocycles. The van der Waals surface area contributed by atoms with Crippen molar-refractivity contribution in [1.29, 1.82) is 0 Å². The van der Waals surface area contributed by atoms with E-state index in [1.165, 1.54) is 0 Å². The largest absolute Gasteiger partial charge is 0.309 e. The molecular formula is C21H22N4OS. The number of amides is 1. The maximum absolute atomic E-state index is 12.6. The van der Waals surface area contributed by atoms with Crippen molar-refractivity contribution in [1.82, 2.24) is 14.7 Å². The molecule has 1 N–H and O–H groups in total. The smallest absolute Gasteiger partial charge is 0.239 e. The van der Waals surface area contributed by atoms with Crippen molar-refractivity contribution in [2.75, 3.05) is 36.5 Å². The molecule has 1 aliphatic heterocycles. The van der Waals surface area contributed by atoms with Gasteiger partial charge in [-0.3, -0.25) is 9.69 Å². The molecule has 0 unspecified atom stereocenters. The van der Waals surface area contributed by atoms with Gasteiger partial charge in [0, 0.05) is 36.2 Å². The van der Waals surface area contributed by atoms with Gasteiger partial charge in [0.1, 0.15) is 5.82 Å². The third kappa shape index (κ3) is 4.40. The van der Waals surface area contributed by atoms with E-state index in [4.69, 9.17) is 5.10 Å². The second kappa shape index (κ2) is 8.41. The Kier molecular flexibility index (Phi) is 5.55. The summed E-state index contributed by atoms with van der Waals surface area (Å²) >= 11 is 1.94. The van der Waals surface area contributed by atoms with Gasteiger partial charge >= 0.3 is 0 Å². The molecule has 0 saturated carbocycles. The van der Waals surface area contributed by atoms with Gasteiger partial charge in [0.05, 0.1) is 17.9 Å². The highest BCUT2D eigenvalue weighted by atomic mass is 32.2. The summed E-state index contributed by atoms with van der Waals surface area (Å²) in [6.07, 6.45) is 0. The molecule has 27 heavy (non-hydrogen) atoms. The van der Waals surface area contributed by atoms with E-state index in [1.807, 2.05) is 78.5 Å². The van der Waals surface area contributed by atoms with Crippen LogP contribution in [0.1, 0.15) is 0 Å². The summed E-state index contributed by atoms with van der Waals surface area (Å²) in [6.45, 7) is 2.35. The van der Waals surface area contributed by atoms with Gasteiger partial charge in [-0.15, -0.1) is 0 Å². The van der Waals surface area contributed by atoms with E-state index in [0.29, 0.717) is 12.4 Å². The second-order valence-corrected chi connectivity index (χ2v) is 7.69. The van der Waals surface area contributed by atoms with Crippen molar-refractivity contribution in [2.45, 2.75) is 0 Å². The first-order valence-electron chi connectivity index (χ1n) is 9.10. The zero-order valence-electron chi connectivity index (χ0n) is 15.0. The quantitative estimate of drug-likeness (QED) is 0.738. The maximum Gasteiger partial charge on any atom is 0.239 e. The van der Waals surface area contributed by atoms with Gasteiger partial charge in [-0.2, -0.15) is 16.9 Å². The van der Waals surface area contributed by atoms with E-state index in [-0.39, 0.29) is 5.91 Å². The first-order valence-corrected chi connectivity index (χ1v) is 10.3. The van der Waals surface area contributed by atoms with Crippen LogP contribution in [0, 0.1) is 0 Å². The van der Waals surface area contributed by atoms with E-state index >= 15 is 0 Å². The standard InChI is InChI=1S/C21H22N4OS/c26-21(16-24-11-13-27-14-12-24)22-20-15-19(17-7-3-1-4-8-17)23-25(20)18-9-5-2-6-10-18/h1-10,15H,11-14,16H2,(H,22,26). The predicted octanol–water partition coefficient (Wildman–Crippen LogP) is 3.53. The lowest BCUT2D eigenvalue weighted by Crippen LogP contribution is -2.39. The number of thioether (sulfide) groups is 1. The van der Waals surface area contributed by atoms with Crippen LogP contribution < -0.4 is 5.32 Å². The van der Waals surface area contributed by atoms with Gasteiger partial charge in [-0.25, -0.2) is 4.68 Å². The maximum atomic E-state index is 12.6. The number of carbonyl (C=O) groups is 1. The number of anilines is 1. The van der Waals surface area contributed by atoms with Gasteiger partial charge in [0.25, 0.3) is 0 Å². The van der Waals surface area contributed by atoms with Gasteiger partial charge < -0.3 is 5.32 Å². The fraction of sp³-hybridized carbons (Fsp3) is 0.238. The van der Waals surface area contributed by atoms with Crippen LogP contribution in [-0.4, -0.2) is 51.7 Å². The highest BCUT2D eigenvalue weighted by molar-refractivity contribution is 7.99. The molecule has 4 rings (SSSR count). The van der Waals surface area contributed by atoms with E-state index in [1.54, 1.807) is 4.68 Å². The van der Waals surface area contributed by atoms with E-state index in [2.05, 4.69) is 10.2 Å². The van der Waals surface area contributed by atoms with Crippen molar-refractivity contribution in [3.8, 4) is 16.9 Å². The third-order valence-electron chi connectivity index (χ3n) is 4.52. The molecular weight excluding hydrogens is 356 g/mol. The Morgan fingerprint density at radius 2 is 1.67 bits per heavy atom. The van der Waals surface area contributed by atoms with Crippen LogP contribution in [0.4, 0.5) is 5.82 Å². The Bertz CT molecular complexity index is 889. The van der Waals surface area contributed by atoms with Crippen LogP contribution in [0.15, 0.2) is 66.7 Å². The predicted molar refractivity (Wildman–Crippen MR) is 111 cm³/mol. The van der Waals surface area contributed by atoms with Gasteiger partial charge in [-0.1, -0.05) is 48.5 Å². The first kappa shape index (κ1) is 17.8. The van der Waals surface area contributed by atoms with Crippen LogP contribution in [0.25, 0.3) is 16.9 Å². The number of para-hydroxylation sites is 1. The number of benzene rings is 2. The summed E-state index contributed by atoms with van der Waals surface area (Å²) in [7, 11) is 0. The molecule has 2 heterocycles. The molecule has 1 amide bonds. The lowest BCUT2D eigenvalue weighted by molar-refractivity contribution is -0.117. The number of hydrogen-bond acceptors (Lipinski definition) is 4. The molecule has 1 aliphatic rings. The fourth-order valence-corrected chi connectivity index (χ4v) is 4.11. The molecule has 0 spiro atoms. The normalized spacial score (nSPS) is 14.8. The minimum Gasteiger partial charge on any atom is -0.309 e. The van der Waals surface area contributed by atoms with Crippen molar-refractivity contribution >= 4 is 23.5 Å². The highest BCUT2D eigenvalue weighted by Crippen LogP contribution is 2.24. The number of nitrogens with one attached hydrogen (secondary N) is 1. The average molecular weight is 379 g/mol. The molecule has 1 fully saturated rings. The third-order valence-corrected chi connectivity index (χ3v) is 5.46. The Balaban J connectivity index is 1.60. The molecule has 0 atom stereocenters. The number of hydrogen-bond donors (Lipinski definition) is 1. The van der Waals surface area contributed by atoms with E-state index in [0.717, 1.165) is 41.5 Å². The van der Waals surface area contributed by atoms with E-state index < -0.39 is 0 Å². The van der Waals surface area contributed by atoms with Crippen molar-refractivity contribution in [3.63, 3.8) is 0 Å². The van der Waals surface area contributed by atoms with Crippen molar-refractivity contribution in [3.05, 3.63) is 66.7 Å². The molecule has 3 aromatic rings. The Morgan fingerprint density at radius 3 is 2.37 bits per heavy atom. The van der Waals surface area contributed by atoms with E-state index in [9.17, 15) is 4.79 Å². The highest BCUT2D eigenvalue weighted by Gasteiger charge is 2.17. The summed E-state index contributed by atoms with van der Waals surface area (Å²) < 4.78 is 1.80. The Morgan fingerprint density at radius 1 is 1.00 bits per heavy atom. The minimum absolute atomic E-state index is 0.00130. The molecule has 138 valence electrons. The summed E-state index contributed by atoms with van der Waals surface area (Å²) in [5.74, 6) is 2.87. The van der Waals surface area contributed by atoms with Crippen LogP contribution in [0.3, 0.4) is 0 Å². The summed E-state index contributed by atoms with van der Waals surface area (Å²) in [6, 6.07) is 21.8. The lowest BCUT2D eigenvalue weighted by atomic mass is 10.1. The second-order valence-electron chi connectivity index (χ2n) is 6.46. The van der Waals surface area contributed by atoms with Crippen LogP contribution in [0.5, 0.6) is 0 Å². The zero-order valence-corrected chi connectivity index (χ0v) is 15.9. The van der Waals surface area contributed by atoms with Crippen molar-refractivity contribution < 1.29 is 4.79 Å². The molecule has 6 heteroatoms. The summed E-state index contributed by atoms with van der Waals surface area (Å²) in [5, 5.41) is 7.80.